The van der Waals surface area contributed by atoms with Gasteiger partial charge in [0.15, 0.2) is 0 Å². The van der Waals surface area contributed by atoms with Crippen LogP contribution < -0.4 is 0 Å². The first-order valence-corrected chi connectivity index (χ1v) is 6.70. The number of hydrogen-bond donors (Lipinski definition) is 1. The van der Waals surface area contributed by atoms with Crippen molar-refractivity contribution in [2.75, 3.05) is 19.7 Å². The van der Waals surface area contributed by atoms with Gasteiger partial charge in [-0.05, 0) is 48.2 Å². The minimum absolute atomic E-state index is 0.323. The summed E-state index contributed by atoms with van der Waals surface area (Å²) in [7, 11) is 0. The third kappa shape index (κ3) is 3.03. The minimum Gasteiger partial charge on any atom is -0.395 e. The Hall–Kier alpha value is -0.380. The van der Waals surface area contributed by atoms with Gasteiger partial charge in [0.25, 0.3) is 0 Å². The Bertz CT molecular complexity index is 273. The van der Waals surface area contributed by atoms with E-state index in [0.29, 0.717) is 12.6 Å². The molecule has 1 aliphatic rings. The zero-order valence-electron chi connectivity index (χ0n) is 9.06. The highest BCUT2D eigenvalue weighted by molar-refractivity contribution is 7.07. The second-order valence-electron chi connectivity index (χ2n) is 4.25. The summed E-state index contributed by atoms with van der Waals surface area (Å²) in [6.07, 6.45) is 4.86. The molecule has 0 aromatic carbocycles. The number of hydrogen-bond acceptors (Lipinski definition) is 3. The van der Waals surface area contributed by atoms with Gasteiger partial charge in [-0.15, -0.1) is 0 Å². The molecule has 0 aliphatic carbocycles. The molecule has 1 N–H and O–H groups in total. The van der Waals surface area contributed by atoms with Crippen LogP contribution in [0.15, 0.2) is 16.8 Å². The Morgan fingerprint density at radius 2 is 2.40 bits per heavy atom. The Morgan fingerprint density at radius 1 is 1.47 bits per heavy atom. The molecule has 2 nitrogen and oxygen atoms in total. The van der Waals surface area contributed by atoms with E-state index in [0.717, 1.165) is 19.5 Å². The molecule has 84 valence electrons. The van der Waals surface area contributed by atoms with Crippen LogP contribution in [-0.2, 0) is 6.42 Å². The van der Waals surface area contributed by atoms with Crippen molar-refractivity contribution in [2.24, 2.45) is 0 Å². The zero-order valence-corrected chi connectivity index (χ0v) is 9.88. The summed E-state index contributed by atoms with van der Waals surface area (Å²) >= 11 is 1.76. The zero-order chi connectivity index (χ0) is 10.5. The van der Waals surface area contributed by atoms with Gasteiger partial charge in [-0.1, -0.05) is 6.42 Å². The average molecular weight is 225 g/mol. The van der Waals surface area contributed by atoms with Crippen LogP contribution >= 0.6 is 11.3 Å². The lowest BCUT2D eigenvalue weighted by atomic mass is 10.0. The topological polar surface area (TPSA) is 23.5 Å². The van der Waals surface area contributed by atoms with Gasteiger partial charge in [0.1, 0.15) is 0 Å². The molecular formula is C12H19NOS. The van der Waals surface area contributed by atoms with Crippen molar-refractivity contribution in [2.45, 2.75) is 31.7 Å². The number of thiophene rings is 1. The molecule has 2 rings (SSSR count). The highest BCUT2D eigenvalue weighted by Gasteiger charge is 2.20. The monoisotopic (exact) mass is 225 g/mol. The van der Waals surface area contributed by atoms with Gasteiger partial charge in [-0.3, -0.25) is 4.90 Å². The van der Waals surface area contributed by atoms with Crippen LogP contribution in [0.2, 0.25) is 0 Å². The summed E-state index contributed by atoms with van der Waals surface area (Å²) in [6, 6.07) is 2.61. The molecular weight excluding hydrogens is 206 g/mol. The van der Waals surface area contributed by atoms with Crippen molar-refractivity contribution >= 4 is 11.3 Å². The molecule has 0 amide bonds. The number of nitrogens with zero attached hydrogens (tertiary/aromatic N) is 1. The lowest BCUT2D eigenvalue weighted by Gasteiger charge is -2.34. The standard InChI is InChI=1S/C12H19NOS/c14-9-12-3-1-2-6-13(12)7-4-11-5-8-15-10-11/h5,8,10,12,14H,1-4,6-7,9H2. The van der Waals surface area contributed by atoms with Gasteiger partial charge < -0.3 is 5.11 Å². The van der Waals surface area contributed by atoms with E-state index >= 15 is 0 Å². The maximum absolute atomic E-state index is 9.28. The van der Waals surface area contributed by atoms with Crippen LogP contribution in [0, 0.1) is 0 Å². The summed E-state index contributed by atoms with van der Waals surface area (Å²) in [5.74, 6) is 0. The first-order chi connectivity index (χ1) is 7.40. The average Bonchev–Trinajstić information content (AvgIpc) is 2.79. The molecule has 1 fully saturated rings. The molecule has 0 spiro atoms. The van der Waals surface area contributed by atoms with Crippen molar-refractivity contribution in [1.29, 1.82) is 0 Å². The van der Waals surface area contributed by atoms with E-state index in [2.05, 4.69) is 21.7 Å². The number of aliphatic hydroxyl groups is 1. The van der Waals surface area contributed by atoms with Crippen LogP contribution in [0.3, 0.4) is 0 Å². The summed E-state index contributed by atoms with van der Waals surface area (Å²) in [5, 5.41) is 13.6. The summed E-state index contributed by atoms with van der Waals surface area (Å²) in [6.45, 7) is 2.58. The van der Waals surface area contributed by atoms with E-state index < -0.39 is 0 Å². The second-order valence-corrected chi connectivity index (χ2v) is 5.03. The third-order valence-electron chi connectivity index (χ3n) is 3.23. The summed E-state index contributed by atoms with van der Waals surface area (Å²) < 4.78 is 0. The van der Waals surface area contributed by atoms with Crippen molar-refractivity contribution in [1.82, 2.24) is 4.90 Å². The highest BCUT2D eigenvalue weighted by Crippen LogP contribution is 2.17. The van der Waals surface area contributed by atoms with E-state index in [9.17, 15) is 5.11 Å². The third-order valence-corrected chi connectivity index (χ3v) is 3.96. The van der Waals surface area contributed by atoms with Gasteiger partial charge in [-0.2, -0.15) is 11.3 Å². The Labute approximate surface area is 95.5 Å². The molecule has 1 unspecified atom stereocenters. The van der Waals surface area contributed by atoms with E-state index in [4.69, 9.17) is 0 Å². The molecule has 2 heterocycles. The van der Waals surface area contributed by atoms with E-state index in [1.807, 2.05) is 0 Å². The minimum atomic E-state index is 0.323. The maximum atomic E-state index is 9.28. The van der Waals surface area contributed by atoms with E-state index in [-0.39, 0.29) is 0 Å². The number of likely N-dealkylation sites (tertiary alicyclic amines) is 1. The summed E-state index contributed by atoms with van der Waals surface area (Å²) in [5.41, 5.74) is 1.43. The Balaban J connectivity index is 1.81. The van der Waals surface area contributed by atoms with Crippen LogP contribution in [0.4, 0.5) is 0 Å². The fraction of sp³-hybridized carbons (Fsp3) is 0.667. The molecule has 3 heteroatoms. The van der Waals surface area contributed by atoms with Crippen LogP contribution in [0.25, 0.3) is 0 Å². The first-order valence-electron chi connectivity index (χ1n) is 5.76. The molecule has 0 saturated carbocycles. The smallest absolute Gasteiger partial charge is 0.0586 e. The van der Waals surface area contributed by atoms with Crippen LogP contribution in [0.1, 0.15) is 24.8 Å². The molecule has 1 aliphatic heterocycles. The predicted octanol–water partition coefficient (Wildman–Crippen LogP) is 2.14. The molecule has 0 radical (unpaired) electrons. The molecule has 1 atom stereocenters. The lowest BCUT2D eigenvalue weighted by molar-refractivity contribution is 0.0913. The van der Waals surface area contributed by atoms with Crippen LogP contribution in [0.5, 0.6) is 0 Å². The number of rotatable bonds is 4. The number of aliphatic hydroxyl groups excluding tert-OH is 1. The lowest BCUT2D eigenvalue weighted by Crippen LogP contribution is -2.42. The van der Waals surface area contributed by atoms with E-state index in [1.54, 1.807) is 11.3 Å². The maximum Gasteiger partial charge on any atom is 0.0586 e. The summed E-state index contributed by atoms with van der Waals surface area (Å²) in [4.78, 5) is 2.45. The molecule has 1 saturated heterocycles. The molecule has 1 aromatic heterocycles. The number of piperidine rings is 1. The van der Waals surface area contributed by atoms with Crippen LogP contribution in [-0.4, -0.2) is 35.7 Å². The van der Waals surface area contributed by atoms with Gasteiger partial charge in [0.05, 0.1) is 6.61 Å². The molecule has 1 aromatic rings. The fourth-order valence-corrected chi connectivity index (χ4v) is 2.97. The van der Waals surface area contributed by atoms with Gasteiger partial charge in [0.2, 0.25) is 0 Å². The van der Waals surface area contributed by atoms with Crippen molar-refractivity contribution < 1.29 is 5.11 Å². The van der Waals surface area contributed by atoms with Gasteiger partial charge >= 0.3 is 0 Å². The molecule has 15 heavy (non-hydrogen) atoms. The van der Waals surface area contributed by atoms with Crippen molar-refractivity contribution in [3.8, 4) is 0 Å². The van der Waals surface area contributed by atoms with Gasteiger partial charge in [0, 0.05) is 12.6 Å². The fourth-order valence-electron chi connectivity index (χ4n) is 2.27. The quantitative estimate of drug-likeness (QED) is 0.848. The molecule has 0 bridgehead atoms. The predicted molar refractivity (Wildman–Crippen MR) is 64.3 cm³/mol. The van der Waals surface area contributed by atoms with Crippen molar-refractivity contribution in [3.05, 3.63) is 22.4 Å². The SMILES string of the molecule is OCC1CCCCN1CCc1ccsc1. The Kier molecular flexibility index (Phi) is 4.18. The normalized spacial score (nSPS) is 23.1. The van der Waals surface area contributed by atoms with Crippen molar-refractivity contribution in [3.63, 3.8) is 0 Å². The first kappa shape index (κ1) is 11.1. The Morgan fingerprint density at radius 3 is 3.13 bits per heavy atom. The largest absolute Gasteiger partial charge is 0.395 e. The highest BCUT2D eigenvalue weighted by atomic mass is 32.1. The second kappa shape index (κ2) is 5.64. The van der Waals surface area contributed by atoms with E-state index in [1.165, 1.54) is 24.8 Å². The van der Waals surface area contributed by atoms with Gasteiger partial charge in [-0.25, -0.2) is 0 Å².